The monoisotopic (exact) mass is 317 g/mol. The minimum atomic E-state index is -0.983. The summed E-state index contributed by atoms with van der Waals surface area (Å²) in [6.07, 6.45) is 1.66. The van der Waals surface area contributed by atoms with Crippen LogP contribution in [0.5, 0.6) is 0 Å². The number of aromatic nitrogens is 1. The van der Waals surface area contributed by atoms with Crippen LogP contribution < -0.4 is 0 Å². The predicted molar refractivity (Wildman–Crippen MR) is 84.2 cm³/mol. The summed E-state index contributed by atoms with van der Waals surface area (Å²) in [7, 11) is 0. The first-order valence-electron chi connectivity index (χ1n) is 6.14. The van der Waals surface area contributed by atoms with Gasteiger partial charge in [0.2, 0.25) is 0 Å². The third-order valence-corrected chi connectivity index (χ3v) is 4.04. The zero-order valence-corrected chi connectivity index (χ0v) is 12.2. The fraction of sp³-hybridized carbons (Fsp3) is 0. The summed E-state index contributed by atoms with van der Waals surface area (Å²) in [5.74, 6) is -0.983. The van der Waals surface area contributed by atoms with E-state index in [1.165, 1.54) is 0 Å². The van der Waals surface area contributed by atoms with Crippen molar-refractivity contribution in [2.24, 2.45) is 0 Å². The summed E-state index contributed by atoms with van der Waals surface area (Å²) in [6, 6.07) is 12.0. The lowest BCUT2D eigenvalue weighted by molar-refractivity contribution is 0.0697. The molecule has 0 bridgehead atoms. The van der Waals surface area contributed by atoms with E-state index < -0.39 is 5.97 Å². The number of nitrogens with zero attached hydrogens (tertiary/aromatic N) is 1. The topological polar surface area (TPSA) is 50.2 Å². The number of hydrogen-bond donors (Lipinski definition) is 1. The molecule has 104 valence electrons. The van der Waals surface area contributed by atoms with Crippen LogP contribution in [0.15, 0.2) is 48.7 Å². The van der Waals surface area contributed by atoms with Gasteiger partial charge in [-0.15, -0.1) is 0 Å². The van der Waals surface area contributed by atoms with Crippen LogP contribution in [-0.2, 0) is 0 Å². The van der Waals surface area contributed by atoms with E-state index in [2.05, 4.69) is 4.98 Å². The van der Waals surface area contributed by atoms with E-state index in [0.29, 0.717) is 21.3 Å². The van der Waals surface area contributed by atoms with Crippen molar-refractivity contribution < 1.29 is 9.90 Å². The van der Waals surface area contributed by atoms with Gasteiger partial charge in [-0.05, 0) is 29.7 Å². The maximum atomic E-state index is 11.1. The van der Waals surface area contributed by atoms with Crippen molar-refractivity contribution in [1.82, 2.24) is 4.98 Å². The van der Waals surface area contributed by atoms with Crippen molar-refractivity contribution in [3.8, 4) is 11.3 Å². The lowest BCUT2D eigenvalue weighted by Gasteiger charge is -2.09. The highest BCUT2D eigenvalue weighted by molar-refractivity contribution is 6.43. The van der Waals surface area contributed by atoms with Gasteiger partial charge in [-0.2, -0.15) is 0 Å². The van der Waals surface area contributed by atoms with Gasteiger partial charge in [0.1, 0.15) is 0 Å². The van der Waals surface area contributed by atoms with Crippen LogP contribution in [-0.4, -0.2) is 16.1 Å². The molecule has 2 aromatic carbocycles. The number of carboxylic acids is 1. The number of rotatable bonds is 2. The van der Waals surface area contributed by atoms with E-state index in [-0.39, 0.29) is 5.56 Å². The quantitative estimate of drug-likeness (QED) is 0.730. The number of fused-ring (bicyclic) bond motifs is 1. The molecule has 0 unspecified atom stereocenters. The third kappa shape index (κ3) is 2.46. The zero-order chi connectivity index (χ0) is 15.0. The highest BCUT2D eigenvalue weighted by atomic mass is 35.5. The van der Waals surface area contributed by atoms with Crippen LogP contribution in [0.25, 0.3) is 22.0 Å². The summed E-state index contributed by atoms with van der Waals surface area (Å²) in [4.78, 5) is 15.5. The van der Waals surface area contributed by atoms with Gasteiger partial charge in [0.25, 0.3) is 0 Å². The Bertz CT molecular complexity index is 862. The van der Waals surface area contributed by atoms with Crippen LogP contribution in [0.1, 0.15) is 10.4 Å². The molecule has 1 aromatic heterocycles. The second-order valence-corrected chi connectivity index (χ2v) is 5.29. The SMILES string of the molecule is O=C(O)c1ccc2ccnc(-c3cccc(Cl)c3Cl)c2c1. The zero-order valence-electron chi connectivity index (χ0n) is 10.7. The maximum Gasteiger partial charge on any atom is 0.335 e. The molecule has 0 aliphatic rings. The van der Waals surface area contributed by atoms with Gasteiger partial charge >= 0.3 is 5.97 Å². The lowest BCUT2D eigenvalue weighted by atomic mass is 10.0. The molecule has 1 N–H and O–H groups in total. The van der Waals surface area contributed by atoms with Gasteiger partial charge in [-0.3, -0.25) is 4.98 Å². The van der Waals surface area contributed by atoms with Crippen LogP contribution in [0, 0.1) is 0 Å². The summed E-state index contributed by atoms with van der Waals surface area (Å²) < 4.78 is 0. The van der Waals surface area contributed by atoms with Crippen LogP contribution >= 0.6 is 23.2 Å². The maximum absolute atomic E-state index is 11.1. The summed E-state index contributed by atoms with van der Waals surface area (Å²) in [5, 5.41) is 11.6. The highest BCUT2D eigenvalue weighted by Gasteiger charge is 2.13. The van der Waals surface area contributed by atoms with E-state index in [1.54, 1.807) is 36.5 Å². The molecule has 21 heavy (non-hydrogen) atoms. The van der Waals surface area contributed by atoms with E-state index in [0.717, 1.165) is 10.8 Å². The Kier molecular flexibility index (Phi) is 3.53. The van der Waals surface area contributed by atoms with Crippen molar-refractivity contribution in [3.63, 3.8) is 0 Å². The molecule has 0 radical (unpaired) electrons. The normalized spacial score (nSPS) is 10.8. The summed E-state index contributed by atoms with van der Waals surface area (Å²) in [5.41, 5.74) is 1.50. The Balaban J connectivity index is 2.34. The Morgan fingerprint density at radius 2 is 1.90 bits per heavy atom. The van der Waals surface area contributed by atoms with Gasteiger partial charge in [-0.1, -0.05) is 41.4 Å². The minimum Gasteiger partial charge on any atom is -0.478 e. The largest absolute Gasteiger partial charge is 0.478 e. The van der Waals surface area contributed by atoms with Crippen molar-refractivity contribution in [1.29, 1.82) is 0 Å². The molecule has 5 heteroatoms. The second-order valence-electron chi connectivity index (χ2n) is 4.50. The first-order valence-corrected chi connectivity index (χ1v) is 6.90. The molecule has 0 saturated carbocycles. The van der Waals surface area contributed by atoms with Crippen LogP contribution in [0.2, 0.25) is 10.0 Å². The number of aromatic carboxylic acids is 1. The Labute approximate surface area is 130 Å². The fourth-order valence-corrected chi connectivity index (χ4v) is 2.59. The Morgan fingerprint density at radius 1 is 1.10 bits per heavy atom. The fourth-order valence-electron chi connectivity index (χ4n) is 2.20. The molecule has 0 amide bonds. The van der Waals surface area contributed by atoms with E-state index >= 15 is 0 Å². The van der Waals surface area contributed by atoms with Gasteiger partial charge in [0.15, 0.2) is 0 Å². The van der Waals surface area contributed by atoms with Crippen molar-refractivity contribution in [2.75, 3.05) is 0 Å². The van der Waals surface area contributed by atoms with Crippen LogP contribution in [0.4, 0.5) is 0 Å². The molecule has 0 aliphatic carbocycles. The molecule has 0 atom stereocenters. The van der Waals surface area contributed by atoms with Gasteiger partial charge in [-0.25, -0.2) is 4.79 Å². The van der Waals surface area contributed by atoms with Crippen molar-refractivity contribution >= 4 is 39.9 Å². The third-order valence-electron chi connectivity index (χ3n) is 3.22. The molecular formula is C16H9Cl2NO2. The molecular weight excluding hydrogens is 309 g/mol. The van der Waals surface area contributed by atoms with Gasteiger partial charge in [0.05, 0.1) is 21.3 Å². The van der Waals surface area contributed by atoms with E-state index in [4.69, 9.17) is 28.3 Å². The molecule has 0 fully saturated rings. The minimum absolute atomic E-state index is 0.204. The second kappa shape index (κ2) is 5.35. The number of carbonyl (C=O) groups is 1. The molecule has 0 saturated heterocycles. The lowest BCUT2D eigenvalue weighted by Crippen LogP contribution is -1.96. The van der Waals surface area contributed by atoms with Crippen molar-refractivity contribution in [2.45, 2.75) is 0 Å². The first-order chi connectivity index (χ1) is 10.1. The average molecular weight is 318 g/mol. The first kappa shape index (κ1) is 13.9. The number of halogens is 2. The highest BCUT2D eigenvalue weighted by Crippen LogP contribution is 2.35. The predicted octanol–water partition coefficient (Wildman–Crippen LogP) is 4.91. The molecule has 3 nitrogen and oxygen atoms in total. The summed E-state index contributed by atoms with van der Waals surface area (Å²) >= 11 is 12.3. The van der Waals surface area contributed by atoms with E-state index in [9.17, 15) is 4.79 Å². The standard InChI is InChI=1S/C16H9Cl2NO2/c17-13-3-1-2-11(14(13)18)15-12-8-10(16(20)21)5-4-9(12)6-7-19-15/h1-8H,(H,20,21). The summed E-state index contributed by atoms with van der Waals surface area (Å²) in [6.45, 7) is 0. The van der Waals surface area contributed by atoms with Gasteiger partial charge < -0.3 is 5.11 Å². The van der Waals surface area contributed by atoms with E-state index in [1.807, 2.05) is 12.1 Å². The molecule has 1 heterocycles. The van der Waals surface area contributed by atoms with Crippen LogP contribution in [0.3, 0.4) is 0 Å². The smallest absolute Gasteiger partial charge is 0.335 e. The Hall–Kier alpha value is -2.10. The van der Waals surface area contributed by atoms with Gasteiger partial charge in [0, 0.05) is 17.1 Å². The molecule has 0 spiro atoms. The average Bonchev–Trinajstić information content (AvgIpc) is 2.49. The molecule has 3 rings (SSSR count). The number of carboxylic acid groups (broad SMARTS) is 1. The Morgan fingerprint density at radius 3 is 2.67 bits per heavy atom. The number of hydrogen-bond acceptors (Lipinski definition) is 2. The molecule has 3 aromatic rings. The number of pyridine rings is 1. The number of benzene rings is 2. The molecule has 0 aliphatic heterocycles. The van der Waals surface area contributed by atoms with Crippen molar-refractivity contribution in [3.05, 3.63) is 64.3 Å².